The topological polar surface area (TPSA) is 128 Å². The molecule has 1 aliphatic heterocycles. The third kappa shape index (κ3) is 3.82. The zero-order valence-corrected chi connectivity index (χ0v) is 19.0. The monoisotopic (exact) mass is 465 g/mol. The molecular formula is C21H27N3O7S. The SMILES string of the molecule is CC1(C)C2CCC1(CS(=O)(=O)N1CCOCC1)/C(=N/OC(=O)c1ccc([N+](=O)[O-])cc1)C2. The molecule has 0 N–H and O–H groups in total. The van der Waals surface area contributed by atoms with Crippen molar-refractivity contribution in [3.63, 3.8) is 0 Å². The molecule has 174 valence electrons. The van der Waals surface area contributed by atoms with Crippen molar-refractivity contribution in [3.05, 3.63) is 39.9 Å². The second kappa shape index (κ2) is 8.20. The number of nitro benzene ring substituents is 1. The van der Waals surface area contributed by atoms with Crippen LogP contribution in [0.1, 0.15) is 43.5 Å². The number of carbonyl (C=O) groups excluding carboxylic acids is 1. The van der Waals surface area contributed by atoms with Crippen molar-refractivity contribution in [1.82, 2.24) is 4.31 Å². The maximum Gasteiger partial charge on any atom is 0.365 e. The Morgan fingerprint density at radius 1 is 1.28 bits per heavy atom. The van der Waals surface area contributed by atoms with Gasteiger partial charge in [0.05, 0.1) is 35.2 Å². The first-order valence-electron chi connectivity index (χ1n) is 10.7. The number of hydrogen-bond acceptors (Lipinski definition) is 8. The number of hydrogen-bond donors (Lipinski definition) is 0. The Labute approximate surface area is 186 Å². The third-order valence-electron chi connectivity index (χ3n) is 7.51. The number of rotatable bonds is 6. The van der Waals surface area contributed by atoms with E-state index in [1.807, 2.05) is 0 Å². The lowest BCUT2D eigenvalue weighted by atomic mass is 9.70. The largest absolute Gasteiger partial charge is 0.379 e. The van der Waals surface area contributed by atoms with Crippen molar-refractivity contribution >= 4 is 27.4 Å². The summed E-state index contributed by atoms with van der Waals surface area (Å²) >= 11 is 0. The van der Waals surface area contributed by atoms with E-state index in [9.17, 15) is 23.3 Å². The van der Waals surface area contributed by atoms with Crippen LogP contribution < -0.4 is 0 Å². The fourth-order valence-electron chi connectivity index (χ4n) is 5.36. The Balaban J connectivity index is 1.56. The van der Waals surface area contributed by atoms with Crippen molar-refractivity contribution < 1.29 is 27.7 Å². The van der Waals surface area contributed by atoms with Gasteiger partial charge in [-0.05, 0) is 42.7 Å². The van der Waals surface area contributed by atoms with Crippen molar-refractivity contribution in [2.75, 3.05) is 32.1 Å². The number of benzene rings is 1. The first-order valence-corrected chi connectivity index (χ1v) is 12.3. The molecule has 0 amide bonds. The first-order chi connectivity index (χ1) is 15.1. The van der Waals surface area contributed by atoms with Crippen LogP contribution in [0.3, 0.4) is 0 Å². The molecule has 1 aromatic rings. The average Bonchev–Trinajstić information content (AvgIpc) is 3.12. The van der Waals surface area contributed by atoms with Crippen LogP contribution in [0.2, 0.25) is 0 Å². The molecule has 1 aromatic carbocycles. The maximum atomic E-state index is 13.3. The summed E-state index contributed by atoms with van der Waals surface area (Å²) in [7, 11) is -3.55. The van der Waals surface area contributed by atoms with Crippen LogP contribution in [0.5, 0.6) is 0 Å². The molecule has 2 bridgehead atoms. The predicted octanol–water partition coefficient (Wildman–Crippen LogP) is 2.60. The van der Waals surface area contributed by atoms with Gasteiger partial charge in [0, 0.05) is 30.6 Å². The maximum absolute atomic E-state index is 13.3. The van der Waals surface area contributed by atoms with E-state index >= 15 is 0 Å². The molecule has 1 saturated heterocycles. The summed E-state index contributed by atoms with van der Waals surface area (Å²) in [6, 6.07) is 5.07. The summed E-state index contributed by atoms with van der Waals surface area (Å²) in [5, 5.41) is 15.0. The van der Waals surface area contributed by atoms with Crippen LogP contribution in [0.4, 0.5) is 5.69 Å². The molecular weight excluding hydrogens is 438 g/mol. The van der Waals surface area contributed by atoms with E-state index in [1.54, 1.807) is 0 Å². The summed E-state index contributed by atoms with van der Waals surface area (Å²) < 4.78 is 33.3. The number of fused-ring (bicyclic) bond motifs is 2. The van der Waals surface area contributed by atoms with Gasteiger partial charge in [-0.3, -0.25) is 10.1 Å². The summed E-state index contributed by atoms with van der Waals surface area (Å²) in [5.41, 5.74) is -0.395. The van der Waals surface area contributed by atoms with Gasteiger partial charge in [-0.25, -0.2) is 13.2 Å². The van der Waals surface area contributed by atoms with Crippen LogP contribution >= 0.6 is 0 Å². The highest BCUT2D eigenvalue weighted by molar-refractivity contribution is 7.89. The molecule has 1 heterocycles. The smallest absolute Gasteiger partial charge is 0.365 e. The Morgan fingerprint density at radius 2 is 1.94 bits per heavy atom. The minimum atomic E-state index is -3.55. The lowest BCUT2D eigenvalue weighted by Gasteiger charge is -2.39. The standard InChI is InChI=1S/C21H27N3O7S/c1-20(2)16-7-8-21(20,14-32(28,29)23-9-11-30-12-10-23)18(13-16)22-31-19(25)15-3-5-17(6-4-15)24(26)27/h3-6,16H,7-14H2,1-2H3/b22-18+. The fraction of sp³-hybridized carbons (Fsp3) is 0.619. The van der Waals surface area contributed by atoms with Gasteiger partial charge in [0.1, 0.15) is 0 Å². The van der Waals surface area contributed by atoms with E-state index in [0.29, 0.717) is 44.9 Å². The van der Waals surface area contributed by atoms with Gasteiger partial charge < -0.3 is 9.57 Å². The van der Waals surface area contributed by atoms with Crippen molar-refractivity contribution in [2.45, 2.75) is 33.1 Å². The van der Waals surface area contributed by atoms with Gasteiger partial charge in [0.25, 0.3) is 5.69 Å². The second-order valence-electron chi connectivity index (χ2n) is 9.23. The molecule has 2 unspecified atom stereocenters. The van der Waals surface area contributed by atoms with Gasteiger partial charge in [-0.1, -0.05) is 19.0 Å². The molecule has 3 fully saturated rings. The number of sulfonamides is 1. The molecule has 0 radical (unpaired) electrons. The lowest BCUT2D eigenvalue weighted by Crippen LogP contribution is -2.49. The van der Waals surface area contributed by atoms with E-state index in [0.717, 1.165) is 6.42 Å². The predicted molar refractivity (Wildman–Crippen MR) is 116 cm³/mol. The van der Waals surface area contributed by atoms with Crippen molar-refractivity contribution in [2.24, 2.45) is 21.9 Å². The molecule has 10 nitrogen and oxygen atoms in total. The van der Waals surface area contributed by atoms with Crippen molar-refractivity contribution in [1.29, 1.82) is 0 Å². The zero-order chi connectivity index (χ0) is 23.1. The van der Waals surface area contributed by atoms with Crippen LogP contribution in [-0.4, -0.2) is 61.4 Å². The molecule has 11 heteroatoms. The highest BCUT2D eigenvalue weighted by Crippen LogP contribution is 2.64. The third-order valence-corrected chi connectivity index (χ3v) is 9.52. The zero-order valence-electron chi connectivity index (χ0n) is 18.2. The van der Waals surface area contributed by atoms with Gasteiger partial charge in [-0.15, -0.1) is 0 Å². The number of morpholine rings is 1. The highest BCUT2D eigenvalue weighted by atomic mass is 32.2. The lowest BCUT2D eigenvalue weighted by molar-refractivity contribution is -0.384. The number of carbonyl (C=O) groups is 1. The fourth-order valence-corrected chi connectivity index (χ4v) is 7.55. The van der Waals surface area contributed by atoms with E-state index in [-0.39, 0.29) is 28.3 Å². The number of nitro groups is 1. The van der Waals surface area contributed by atoms with E-state index < -0.39 is 26.3 Å². The van der Waals surface area contributed by atoms with Gasteiger partial charge in [-0.2, -0.15) is 4.31 Å². The molecule has 32 heavy (non-hydrogen) atoms. The van der Waals surface area contributed by atoms with E-state index in [2.05, 4.69) is 19.0 Å². The molecule has 3 aliphatic rings. The number of nitrogens with zero attached hydrogens (tertiary/aromatic N) is 3. The summed E-state index contributed by atoms with van der Waals surface area (Å²) in [4.78, 5) is 27.9. The minimum Gasteiger partial charge on any atom is -0.379 e. The first kappa shape index (κ1) is 22.8. The van der Waals surface area contributed by atoms with Crippen LogP contribution in [-0.2, 0) is 19.6 Å². The second-order valence-corrected chi connectivity index (χ2v) is 11.2. The van der Waals surface area contributed by atoms with E-state index in [1.165, 1.54) is 28.6 Å². The van der Waals surface area contributed by atoms with Crippen LogP contribution in [0.15, 0.2) is 29.4 Å². The molecule has 2 aliphatic carbocycles. The summed E-state index contributed by atoms with van der Waals surface area (Å²) in [5.74, 6) is -0.546. The minimum absolute atomic E-state index is 0.0720. The Morgan fingerprint density at radius 3 is 2.53 bits per heavy atom. The Bertz CT molecular complexity index is 1050. The number of oxime groups is 1. The number of ether oxygens (including phenoxy) is 1. The van der Waals surface area contributed by atoms with Gasteiger partial charge in [0.15, 0.2) is 0 Å². The molecule has 0 aromatic heterocycles. The Kier molecular flexibility index (Phi) is 5.84. The molecule has 2 saturated carbocycles. The highest BCUT2D eigenvalue weighted by Gasteiger charge is 2.64. The molecule has 2 atom stereocenters. The van der Waals surface area contributed by atoms with E-state index in [4.69, 9.17) is 9.57 Å². The quantitative estimate of drug-likeness (QED) is 0.359. The summed E-state index contributed by atoms with van der Waals surface area (Å²) in [6.07, 6.45) is 2.16. The molecule has 4 rings (SSSR count). The van der Waals surface area contributed by atoms with Crippen LogP contribution in [0.25, 0.3) is 0 Å². The summed E-state index contributed by atoms with van der Waals surface area (Å²) in [6.45, 7) is 5.58. The van der Waals surface area contributed by atoms with Crippen LogP contribution in [0, 0.1) is 26.9 Å². The Hall–Kier alpha value is -2.37. The van der Waals surface area contributed by atoms with Crippen molar-refractivity contribution in [3.8, 4) is 0 Å². The molecule has 0 spiro atoms. The number of non-ortho nitro benzene ring substituents is 1. The average molecular weight is 466 g/mol. The normalized spacial score (nSPS) is 28.7. The van der Waals surface area contributed by atoms with Gasteiger partial charge >= 0.3 is 5.97 Å². The van der Waals surface area contributed by atoms with Gasteiger partial charge in [0.2, 0.25) is 10.0 Å².